The van der Waals surface area contributed by atoms with Crippen LogP contribution in [-0.2, 0) is 0 Å². The summed E-state index contributed by atoms with van der Waals surface area (Å²) in [6.45, 7) is 7.10. The van der Waals surface area contributed by atoms with Gasteiger partial charge in [-0.2, -0.15) is 0 Å². The molecule has 0 radical (unpaired) electrons. The number of aryl methyl sites for hydroxylation is 1. The smallest absolute Gasteiger partial charge is 0.339 e. The Morgan fingerprint density at radius 2 is 1.74 bits per heavy atom. The number of aromatic carboxylic acids is 1. The van der Waals surface area contributed by atoms with Gasteiger partial charge in [-0.05, 0) is 44.4 Å². The van der Waals surface area contributed by atoms with Crippen molar-refractivity contribution in [3.63, 3.8) is 0 Å². The van der Waals surface area contributed by atoms with Crippen LogP contribution in [-0.4, -0.2) is 31.9 Å². The second kappa shape index (κ2) is 11.8. The number of carboxylic acids is 1. The molecule has 35 heavy (non-hydrogen) atoms. The van der Waals surface area contributed by atoms with Gasteiger partial charge in [-0.25, -0.2) is 4.79 Å². The quantitative estimate of drug-likeness (QED) is 0.249. The molecule has 0 amide bonds. The zero-order chi connectivity index (χ0) is 26.4. The Balaban J connectivity index is 0.000000256. The number of fused-ring (bicyclic) bond motifs is 1. The third-order valence-corrected chi connectivity index (χ3v) is 6.01. The SMILES string of the molecule is CCC(CC)Nc1c([N+](=O)[O-])cc(C)c(C)c1[N+](=O)[O-].O=C(O)c1c(Cl)ccc2cc(Cl)cnc12. The molecule has 0 aliphatic rings. The predicted octanol–water partition coefficient (Wildman–Crippen LogP) is 6.96. The van der Waals surface area contributed by atoms with E-state index in [1.807, 2.05) is 13.8 Å². The standard InChI is InChI=1S/C13H19N3O4.C10H5Cl2NO2/c1-5-10(6-2)14-12-11(15(17)18)7-8(3)9(4)13(12)16(19)20;11-6-3-5-1-2-7(12)8(10(14)15)9(5)13-4-6/h7,10,14H,5-6H2,1-4H3;1-4H,(H,14,15). The fourth-order valence-corrected chi connectivity index (χ4v) is 3.85. The van der Waals surface area contributed by atoms with E-state index in [2.05, 4.69) is 10.3 Å². The fraction of sp³-hybridized carbons (Fsp3) is 0.304. The third kappa shape index (κ3) is 6.34. The molecule has 0 fully saturated rings. The molecule has 186 valence electrons. The lowest BCUT2D eigenvalue weighted by Gasteiger charge is -2.17. The number of nitrogens with zero attached hydrogens (tertiary/aromatic N) is 3. The number of carbonyl (C=O) groups is 1. The highest BCUT2D eigenvalue weighted by Crippen LogP contribution is 2.39. The van der Waals surface area contributed by atoms with Crippen LogP contribution in [0.5, 0.6) is 0 Å². The summed E-state index contributed by atoms with van der Waals surface area (Å²) in [6, 6.07) is 6.20. The van der Waals surface area contributed by atoms with Gasteiger partial charge < -0.3 is 10.4 Å². The lowest BCUT2D eigenvalue weighted by atomic mass is 10.0. The number of nitro groups is 2. The molecule has 0 aliphatic heterocycles. The fourth-order valence-electron chi connectivity index (χ4n) is 3.45. The van der Waals surface area contributed by atoms with Gasteiger partial charge in [-0.15, -0.1) is 0 Å². The molecule has 0 atom stereocenters. The summed E-state index contributed by atoms with van der Waals surface area (Å²) in [6.07, 6.45) is 2.86. The Morgan fingerprint density at radius 3 is 2.26 bits per heavy atom. The Kier molecular flexibility index (Phi) is 9.32. The summed E-state index contributed by atoms with van der Waals surface area (Å²) in [7, 11) is 0. The largest absolute Gasteiger partial charge is 0.478 e. The molecule has 1 heterocycles. The topological polar surface area (TPSA) is 148 Å². The number of halogens is 2. The molecule has 0 saturated carbocycles. The summed E-state index contributed by atoms with van der Waals surface area (Å²) in [5, 5.41) is 35.7. The maximum atomic E-state index is 11.3. The lowest BCUT2D eigenvalue weighted by Crippen LogP contribution is -2.19. The lowest BCUT2D eigenvalue weighted by molar-refractivity contribution is -0.392. The monoisotopic (exact) mass is 522 g/mol. The number of hydrogen-bond acceptors (Lipinski definition) is 7. The molecule has 1 aromatic heterocycles. The molecule has 0 aliphatic carbocycles. The zero-order valence-electron chi connectivity index (χ0n) is 19.5. The van der Waals surface area contributed by atoms with Crippen molar-refractivity contribution in [2.24, 2.45) is 0 Å². The number of aromatic nitrogens is 1. The minimum absolute atomic E-state index is 0.00540. The molecular formula is C23H24Cl2N4O6. The molecule has 3 rings (SSSR count). The molecule has 0 saturated heterocycles. The van der Waals surface area contributed by atoms with E-state index in [0.29, 0.717) is 27.1 Å². The molecule has 12 heteroatoms. The Hall–Kier alpha value is -3.50. The van der Waals surface area contributed by atoms with E-state index in [9.17, 15) is 25.0 Å². The van der Waals surface area contributed by atoms with Gasteiger partial charge in [0.15, 0.2) is 5.69 Å². The second-order valence-electron chi connectivity index (χ2n) is 7.69. The van der Waals surface area contributed by atoms with Crippen molar-refractivity contribution in [2.45, 2.75) is 46.6 Å². The van der Waals surface area contributed by atoms with Crippen LogP contribution in [0.2, 0.25) is 10.0 Å². The van der Waals surface area contributed by atoms with Crippen LogP contribution in [0.4, 0.5) is 17.1 Å². The maximum Gasteiger partial charge on any atom is 0.339 e. The highest BCUT2D eigenvalue weighted by atomic mass is 35.5. The van der Waals surface area contributed by atoms with Crippen molar-refractivity contribution < 1.29 is 19.7 Å². The van der Waals surface area contributed by atoms with Crippen LogP contribution in [0, 0.1) is 34.1 Å². The number of anilines is 1. The first-order valence-electron chi connectivity index (χ1n) is 10.6. The minimum Gasteiger partial charge on any atom is -0.478 e. The summed E-state index contributed by atoms with van der Waals surface area (Å²) in [4.78, 5) is 36.2. The normalized spacial score (nSPS) is 10.6. The van der Waals surface area contributed by atoms with E-state index >= 15 is 0 Å². The second-order valence-corrected chi connectivity index (χ2v) is 8.53. The van der Waals surface area contributed by atoms with Crippen LogP contribution in [0.3, 0.4) is 0 Å². The molecule has 0 unspecified atom stereocenters. The van der Waals surface area contributed by atoms with Gasteiger partial charge in [-0.1, -0.05) is 43.1 Å². The van der Waals surface area contributed by atoms with Crippen molar-refractivity contribution in [3.8, 4) is 0 Å². The molecule has 2 N–H and O–H groups in total. The summed E-state index contributed by atoms with van der Waals surface area (Å²) >= 11 is 11.5. The Bertz CT molecular complexity index is 1290. The van der Waals surface area contributed by atoms with Crippen molar-refractivity contribution >= 4 is 57.1 Å². The van der Waals surface area contributed by atoms with Gasteiger partial charge in [-0.3, -0.25) is 25.2 Å². The van der Waals surface area contributed by atoms with Crippen LogP contribution >= 0.6 is 23.2 Å². The number of pyridine rings is 1. The summed E-state index contributed by atoms with van der Waals surface area (Å²) < 4.78 is 0. The number of benzene rings is 2. The van der Waals surface area contributed by atoms with Crippen LogP contribution < -0.4 is 5.32 Å². The van der Waals surface area contributed by atoms with Gasteiger partial charge in [0.25, 0.3) is 5.69 Å². The first-order valence-corrected chi connectivity index (χ1v) is 11.3. The summed E-state index contributed by atoms with van der Waals surface area (Å²) in [5.41, 5.74) is 0.907. The van der Waals surface area contributed by atoms with Gasteiger partial charge in [0, 0.05) is 29.3 Å². The van der Waals surface area contributed by atoms with Gasteiger partial charge in [0.1, 0.15) is 5.56 Å². The predicted molar refractivity (Wildman–Crippen MR) is 136 cm³/mol. The molecule has 0 bridgehead atoms. The Morgan fingerprint density at radius 1 is 1.11 bits per heavy atom. The number of nitro benzene ring substituents is 2. The van der Waals surface area contributed by atoms with Crippen LogP contribution in [0.25, 0.3) is 10.9 Å². The van der Waals surface area contributed by atoms with Crippen molar-refractivity contribution in [1.29, 1.82) is 0 Å². The molecule has 2 aromatic carbocycles. The van der Waals surface area contributed by atoms with Crippen molar-refractivity contribution in [2.75, 3.05) is 5.32 Å². The minimum atomic E-state index is -1.10. The molecular weight excluding hydrogens is 499 g/mol. The van der Waals surface area contributed by atoms with E-state index < -0.39 is 15.8 Å². The first kappa shape index (κ1) is 27.7. The van der Waals surface area contributed by atoms with E-state index in [-0.39, 0.29) is 33.7 Å². The number of nitrogens with one attached hydrogen (secondary N) is 1. The maximum absolute atomic E-state index is 11.3. The van der Waals surface area contributed by atoms with E-state index in [1.165, 1.54) is 18.3 Å². The third-order valence-electron chi connectivity index (χ3n) is 5.49. The van der Waals surface area contributed by atoms with E-state index in [1.54, 1.807) is 26.0 Å². The zero-order valence-corrected chi connectivity index (χ0v) is 21.0. The highest BCUT2D eigenvalue weighted by Gasteiger charge is 2.30. The summed E-state index contributed by atoms with van der Waals surface area (Å²) in [5.74, 6) is -1.10. The van der Waals surface area contributed by atoms with Gasteiger partial charge >= 0.3 is 11.7 Å². The van der Waals surface area contributed by atoms with Gasteiger partial charge in [0.05, 0.1) is 25.4 Å². The van der Waals surface area contributed by atoms with Crippen LogP contribution in [0.15, 0.2) is 30.5 Å². The highest BCUT2D eigenvalue weighted by molar-refractivity contribution is 6.35. The van der Waals surface area contributed by atoms with E-state index in [4.69, 9.17) is 28.3 Å². The van der Waals surface area contributed by atoms with E-state index in [0.717, 1.165) is 12.8 Å². The number of hydrogen-bond donors (Lipinski definition) is 2. The van der Waals surface area contributed by atoms with Crippen LogP contribution in [0.1, 0.15) is 48.2 Å². The Labute approximate surface area is 211 Å². The van der Waals surface area contributed by atoms with Gasteiger partial charge in [0.2, 0.25) is 0 Å². The van der Waals surface area contributed by atoms with Crippen molar-refractivity contribution in [3.05, 3.63) is 77.4 Å². The van der Waals surface area contributed by atoms with Crippen molar-refractivity contribution in [1.82, 2.24) is 4.98 Å². The molecule has 0 spiro atoms. The number of carboxylic acid groups (broad SMARTS) is 1. The molecule has 10 nitrogen and oxygen atoms in total. The number of rotatable bonds is 7. The molecule has 3 aromatic rings. The average Bonchev–Trinajstić information content (AvgIpc) is 2.79. The first-order chi connectivity index (χ1) is 16.4. The average molecular weight is 523 g/mol.